The second-order valence-corrected chi connectivity index (χ2v) is 6.30. The molecule has 0 atom stereocenters. The molecular formula is C17H15N7O4. The minimum Gasteiger partial charge on any atom is -0.332 e. The molecule has 11 nitrogen and oxygen atoms in total. The molecule has 0 amide bonds. The molecule has 28 heavy (non-hydrogen) atoms. The van der Waals surface area contributed by atoms with Crippen molar-refractivity contribution < 1.29 is 4.92 Å². The minimum atomic E-state index is -0.470. The number of hydrogen-bond donors (Lipinski definition) is 1. The molecule has 4 rings (SSSR count). The first kappa shape index (κ1) is 17.4. The normalized spacial score (nSPS) is 11.2. The minimum absolute atomic E-state index is 0.0155. The second-order valence-electron chi connectivity index (χ2n) is 6.30. The number of rotatable bonds is 4. The van der Waals surface area contributed by atoms with Crippen LogP contribution in [0.3, 0.4) is 0 Å². The van der Waals surface area contributed by atoms with Crippen molar-refractivity contribution in [3.63, 3.8) is 0 Å². The van der Waals surface area contributed by atoms with E-state index in [9.17, 15) is 19.7 Å². The van der Waals surface area contributed by atoms with E-state index < -0.39 is 16.2 Å². The lowest BCUT2D eigenvalue weighted by molar-refractivity contribution is -0.385. The predicted molar refractivity (Wildman–Crippen MR) is 100.0 cm³/mol. The van der Waals surface area contributed by atoms with Crippen molar-refractivity contribution in [2.75, 3.05) is 0 Å². The molecule has 0 radical (unpaired) electrons. The molecule has 11 heteroatoms. The van der Waals surface area contributed by atoms with Crippen LogP contribution in [-0.4, -0.2) is 33.8 Å². The van der Waals surface area contributed by atoms with Gasteiger partial charge in [-0.3, -0.25) is 28.7 Å². The highest BCUT2D eigenvalue weighted by Gasteiger charge is 2.17. The lowest BCUT2D eigenvalue weighted by atomic mass is 10.2. The van der Waals surface area contributed by atoms with Crippen LogP contribution in [0.15, 0.2) is 46.2 Å². The molecule has 0 bridgehead atoms. The number of nitro groups is 1. The molecule has 0 unspecified atom stereocenters. The van der Waals surface area contributed by atoms with Crippen molar-refractivity contribution in [1.29, 1.82) is 0 Å². The van der Waals surface area contributed by atoms with E-state index in [1.54, 1.807) is 29.1 Å². The standard InChI is InChI=1S/C17H15N7O4/c1-21-15-13(16(25)22(2)17(21)26)19-14(20-15)11-7-18-23(9-11)8-10-5-3-4-6-12(10)24(27)28/h3-7,9H,8H2,1-2H3,(H,19,20). The Hall–Kier alpha value is -4.02. The highest BCUT2D eigenvalue weighted by molar-refractivity contribution is 5.75. The number of H-pyrrole nitrogens is 1. The van der Waals surface area contributed by atoms with Crippen molar-refractivity contribution in [2.45, 2.75) is 6.54 Å². The molecular weight excluding hydrogens is 366 g/mol. The fourth-order valence-corrected chi connectivity index (χ4v) is 3.03. The van der Waals surface area contributed by atoms with Gasteiger partial charge in [0.15, 0.2) is 5.65 Å². The molecule has 142 valence electrons. The number of para-hydroxylation sites is 1. The van der Waals surface area contributed by atoms with Gasteiger partial charge in [-0.2, -0.15) is 5.10 Å². The third-order valence-corrected chi connectivity index (χ3v) is 4.52. The first-order valence-corrected chi connectivity index (χ1v) is 8.27. The molecule has 0 aliphatic heterocycles. The van der Waals surface area contributed by atoms with Crippen LogP contribution in [0.5, 0.6) is 0 Å². The number of imidazole rings is 1. The van der Waals surface area contributed by atoms with Gasteiger partial charge in [0.25, 0.3) is 11.2 Å². The maximum absolute atomic E-state index is 12.3. The molecule has 0 saturated carbocycles. The van der Waals surface area contributed by atoms with Crippen LogP contribution in [-0.2, 0) is 20.6 Å². The largest absolute Gasteiger partial charge is 0.332 e. The number of aromatic amines is 1. The van der Waals surface area contributed by atoms with Crippen LogP contribution < -0.4 is 11.2 Å². The van der Waals surface area contributed by atoms with E-state index in [1.165, 1.54) is 30.9 Å². The van der Waals surface area contributed by atoms with Crippen molar-refractivity contribution in [1.82, 2.24) is 28.9 Å². The van der Waals surface area contributed by atoms with E-state index in [1.807, 2.05) is 0 Å². The summed E-state index contributed by atoms with van der Waals surface area (Å²) in [6.07, 6.45) is 3.20. The van der Waals surface area contributed by atoms with Crippen molar-refractivity contribution >= 4 is 16.9 Å². The van der Waals surface area contributed by atoms with Crippen LogP contribution in [0.1, 0.15) is 5.56 Å². The molecule has 4 aromatic rings. The Morgan fingerprint density at radius 3 is 2.68 bits per heavy atom. The molecule has 0 aliphatic carbocycles. The highest BCUT2D eigenvalue weighted by atomic mass is 16.6. The van der Waals surface area contributed by atoms with E-state index >= 15 is 0 Å². The molecule has 0 spiro atoms. The predicted octanol–water partition coefficient (Wildman–Crippen LogP) is 0.780. The Morgan fingerprint density at radius 2 is 1.93 bits per heavy atom. The topological polar surface area (TPSA) is 134 Å². The number of aryl methyl sites for hydroxylation is 1. The van der Waals surface area contributed by atoms with Gasteiger partial charge in [-0.25, -0.2) is 9.78 Å². The number of aromatic nitrogens is 6. The zero-order valence-electron chi connectivity index (χ0n) is 15.0. The Balaban J connectivity index is 1.74. The fraction of sp³-hybridized carbons (Fsp3) is 0.176. The Kier molecular flexibility index (Phi) is 3.91. The zero-order valence-corrected chi connectivity index (χ0v) is 15.0. The van der Waals surface area contributed by atoms with E-state index in [4.69, 9.17) is 0 Å². The SMILES string of the molecule is Cn1c(=O)c2[nH]c(-c3cnn(Cc4ccccc4[N+](=O)[O-])c3)nc2n(C)c1=O. The van der Waals surface area contributed by atoms with E-state index in [2.05, 4.69) is 15.1 Å². The van der Waals surface area contributed by atoms with E-state index in [0.29, 0.717) is 17.0 Å². The fourth-order valence-electron chi connectivity index (χ4n) is 3.03. The average molecular weight is 381 g/mol. The number of benzene rings is 1. The van der Waals surface area contributed by atoms with E-state index in [0.717, 1.165) is 4.57 Å². The van der Waals surface area contributed by atoms with E-state index in [-0.39, 0.29) is 23.4 Å². The summed E-state index contributed by atoms with van der Waals surface area (Å²) in [4.78, 5) is 42.3. The van der Waals surface area contributed by atoms with Gasteiger partial charge in [0.2, 0.25) is 0 Å². The monoisotopic (exact) mass is 381 g/mol. The molecule has 0 aliphatic rings. The summed E-state index contributed by atoms with van der Waals surface area (Å²) < 4.78 is 3.83. The molecule has 3 heterocycles. The summed E-state index contributed by atoms with van der Waals surface area (Å²) >= 11 is 0. The Bertz CT molecular complexity index is 1340. The number of nitrogens with one attached hydrogen (secondary N) is 1. The first-order chi connectivity index (χ1) is 13.4. The maximum atomic E-state index is 12.3. The molecule has 1 N–H and O–H groups in total. The number of nitro benzene ring substituents is 1. The van der Waals surface area contributed by atoms with Crippen molar-refractivity contribution in [3.05, 3.63) is 73.2 Å². The summed E-state index contributed by atoms with van der Waals surface area (Å²) in [6, 6.07) is 6.44. The summed E-state index contributed by atoms with van der Waals surface area (Å²) in [5, 5.41) is 15.4. The highest BCUT2D eigenvalue weighted by Crippen LogP contribution is 2.21. The number of fused-ring (bicyclic) bond motifs is 1. The van der Waals surface area contributed by atoms with Crippen LogP contribution in [0, 0.1) is 10.1 Å². The van der Waals surface area contributed by atoms with Crippen molar-refractivity contribution in [2.24, 2.45) is 14.1 Å². The van der Waals surface area contributed by atoms with Crippen LogP contribution in [0.4, 0.5) is 5.69 Å². The summed E-state index contributed by atoms with van der Waals surface area (Å²) in [6.45, 7) is 0.206. The third-order valence-electron chi connectivity index (χ3n) is 4.52. The van der Waals surface area contributed by atoms with Gasteiger partial charge < -0.3 is 4.98 Å². The summed E-state index contributed by atoms with van der Waals surface area (Å²) in [7, 11) is 2.93. The van der Waals surface area contributed by atoms with Crippen LogP contribution >= 0.6 is 0 Å². The first-order valence-electron chi connectivity index (χ1n) is 8.27. The Labute approximate surface area is 156 Å². The molecule has 1 aromatic carbocycles. The number of hydrogen-bond acceptors (Lipinski definition) is 6. The third kappa shape index (κ3) is 2.69. The van der Waals surface area contributed by atoms with Gasteiger partial charge in [0.1, 0.15) is 11.3 Å². The average Bonchev–Trinajstić information content (AvgIpc) is 3.32. The second kappa shape index (κ2) is 6.30. The van der Waals surface area contributed by atoms with Crippen LogP contribution in [0.25, 0.3) is 22.6 Å². The van der Waals surface area contributed by atoms with Gasteiger partial charge in [-0.1, -0.05) is 18.2 Å². The summed E-state index contributed by atoms with van der Waals surface area (Å²) in [5.74, 6) is 0.377. The van der Waals surface area contributed by atoms with Gasteiger partial charge in [0, 0.05) is 26.4 Å². The molecule has 0 saturated heterocycles. The summed E-state index contributed by atoms with van der Waals surface area (Å²) in [5.41, 5.74) is 0.640. The number of nitrogens with zero attached hydrogens (tertiary/aromatic N) is 6. The quantitative estimate of drug-likeness (QED) is 0.410. The van der Waals surface area contributed by atoms with Gasteiger partial charge in [-0.15, -0.1) is 0 Å². The smallest absolute Gasteiger partial charge is 0.332 e. The van der Waals surface area contributed by atoms with Crippen molar-refractivity contribution in [3.8, 4) is 11.4 Å². The molecule has 3 aromatic heterocycles. The lowest BCUT2D eigenvalue weighted by Gasteiger charge is -2.02. The zero-order chi connectivity index (χ0) is 20.0. The maximum Gasteiger partial charge on any atom is 0.332 e. The van der Waals surface area contributed by atoms with Gasteiger partial charge in [-0.05, 0) is 0 Å². The van der Waals surface area contributed by atoms with Crippen LogP contribution in [0.2, 0.25) is 0 Å². The lowest BCUT2D eigenvalue weighted by Crippen LogP contribution is -2.36. The van der Waals surface area contributed by atoms with Gasteiger partial charge >= 0.3 is 5.69 Å². The Morgan fingerprint density at radius 1 is 1.18 bits per heavy atom. The van der Waals surface area contributed by atoms with Gasteiger partial charge in [0.05, 0.1) is 28.8 Å². The molecule has 0 fully saturated rings.